The Morgan fingerprint density at radius 1 is 1.00 bits per heavy atom. The van der Waals surface area contributed by atoms with Crippen LogP contribution in [0, 0.1) is 5.92 Å². The topological polar surface area (TPSA) is 43.1 Å². The number of benzene rings is 1. The minimum absolute atomic E-state index is 0.503. The molecule has 1 unspecified atom stereocenters. The van der Waals surface area contributed by atoms with Crippen LogP contribution < -0.4 is 5.49 Å². The predicted molar refractivity (Wildman–Crippen MR) is 108 cm³/mol. The summed E-state index contributed by atoms with van der Waals surface area (Å²) in [5.74, 6) is 1.51. The molecule has 0 N–H and O–H groups in total. The summed E-state index contributed by atoms with van der Waals surface area (Å²) in [5, 5.41) is 0. The number of fused-ring (bicyclic) bond motifs is 1. The van der Waals surface area contributed by atoms with Gasteiger partial charge in [-0.1, -0.05) is 49.4 Å². The largest absolute Gasteiger partial charge is 0.311 e. The van der Waals surface area contributed by atoms with Gasteiger partial charge in [-0.2, -0.15) is 0 Å². The van der Waals surface area contributed by atoms with Crippen LogP contribution in [0.3, 0.4) is 0 Å². The quantitative estimate of drug-likeness (QED) is 0.712. The van der Waals surface area contributed by atoms with Crippen LogP contribution in [0.15, 0.2) is 78.1 Å². The standard InChI is InChI=1S/C23H24N4/c1-18-12-16-27-22(25-14-10-20-9-5-6-13-24-20)11-15-26-23(27)21(17-18)19-7-3-2-4-8-19/h2-9,11,13,15,17-18H,10,12,14,16H2,1H3. The lowest BCUT2D eigenvalue weighted by Crippen LogP contribution is -2.25. The Labute approximate surface area is 160 Å². The van der Waals surface area contributed by atoms with Gasteiger partial charge in [-0.15, -0.1) is 0 Å². The highest BCUT2D eigenvalue weighted by Crippen LogP contribution is 2.26. The molecule has 0 amide bonds. The zero-order valence-electron chi connectivity index (χ0n) is 15.6. The number of hydrogen-bond acceptors (Lipinski definition) is 3. The van der Waals surface area contributed by atoms with Gasteiger partial charge in [-0.3, -0.25) is 9.98 Å². The van der Waals surface area contributed by atoms with Crippen LogP contribution in [0.25, 0.3) is 5.57 Å². The summed E-state index contributed by atoms with van der Waals surface area (Å²) in [6.07, 6.45) is 7.98. The van der Waals surface area contributed by atoms with Crippen molar-refractivity contribution in [3.63, 3.8) is 0 Å². The molecule has 4 rings (SSSR count). The van der Waals surface area contributed by atoms with Gasteiger partial charge in [0.15, 0.2) is 0 Å². The van der Waals surface area contributed by atoms with Gasteiger partial charge in [-0.25, -0.2) is 4.98 Å². The molecule has 0 bridgehead atoms. The van der Waals surface area contributed by atoms with E-state index in [1.165, 1.54) is 11.1 Å². The van der Waals surface area contributed by atoms with Crippen LogP contribution >= 0.6 is 0 Å². The summed E-state index contributed by atoms with van der Waals surface area (Å²) < 4.78 is 2.26. The number of rotatable bonds is 4. The van der Waals surface area contributed by atoms with E-state index < -0.39 is 0 Å². The van der Waals surface area contributed by atoms with E-state index >= 15 is 0 Å². The lowest BCUT2D eigenvalue weighted by Gasteiger charge is -2.13. The lowest BCUT2D eigenvalue weighted by atomic mass is 10.00. The molecule has 4 nitrogen and oxygen atoms in total. The van der Waals surface area contributed by atoms with Crippen LogP contribution in [0.4, 0.5) is 0 Å². The number of pyridine rings is 1. The van der Waals surface area contributed by atoms with Gasteiger partial charge < -0.3 is 4.57 Å². The number of aromatic nitrogens is 3. The van der Waals surface area contributed by atoms with E-state index in [1.54, 1.807) is 0 Å². The molecule has 0 aliphatic carbocycles. The van der Waals surface area contributed by atoms with Crippen LogP contribution in [-0.2, 0) is 13.0 Å². The van der Waals surface area contributed by atoms with Gasteiger partial charge in [-0.05, 0) is 36.1 Å². The average molecular weight is 356 g/mol. The third-order valence-corrected chi connectivity index (χ3v) is 4.91. The molecule has 0 spiro atoms. The van der Waals surface area contributed by atoms with Gasteiger partial charge in [0, 0.05) is 43.2 Å². The zero-order chi connectivity index (χ0) is 18.5. The number of allylic oxidation sites excluding steroid dienone is 1. The third-order valence-electron chi connectivity index (χ3n) is 4.91. The minimum Gasteiger partial charge on any atom is -0.311 e. The number of nitrogens with zero attached hydrogens (tertiary/aromatic N) is 4. The van der Waals surface area contributed by atoms with Gasteiger partial charge in [0.1, 0.15) is 11.3 Å². The first-order chi connectivity index (χ1) is 13.3. The predicted octanol–water partition coefficient (Wildman–Crippen LogP) is 3.89. The molecule has 3 aromatic rings. The fourth-order valence-electron chi connectivity index (χ4n) is 3.47. The third kappa shape index (κ3) is 4.05. The van der Waals surface area contributed by atoms with Crippen molar-refractivity contribution >= 4 is 5.57 Å². The summed E-state index contributed by atoms with van der Waals surface area (Å²) in [5.41, 5.74) is 4.47. The molecule has 1 aliphatic rings. The van der Waals surface area contributed by atoms with E-state index in [4.69, 9.17) is 9.98 Å². The molecular formula is C23H24N4. The van der Waals surface area contributed by atoms with Crippen molar-refractivity contribution in [2.24, 2.45) is 10.9 Å². The second-order valence-corrected chi connectivity index (χ2v) is 6.94. The van der Waals surface area contributed by atoms with Crippen molar-refractivity contribution in [2.75, 3.05) is 6.54 Å². The Morgan fingerprint density at radius 2 is 1.85 bits per heavy atom. The number of hydrogen-bond donors (Lipinski definition) is 0. The van der Waals surface area contributed by atoms with Crippen molar-refractivity contribution in [3.05, 3.63) is 95.6 Å². The van der Waals surface area contributed by atoms with Crippen LogP contribution in [-0.4, -0.2) is 21.1 Å². The van der Waals surface area contributed by atoms with Gasteiger partial charge in [0.25, 0.3) is 0 Å². The Kier molecular flexibility index (Phi) is 5.24. The van der Waals surface area contributed by atoms with Gasteiger partial charge >= 0.3 is 0 Å². The molecule has 1 aliphatic heterocycles. The maximum absolute atomic E-state index is 4.87. The monoisotopic (exact) mass is 356 g/mol. The maximum Gasteiger partial charge on any atom is 0.141 e. The Hall–Kier alpha value is -3.01. The fraction of sp³-hybridized carbons (Fsp3) is 0.261. The average Bonchev–Trinajstić information content (AvgIpc) is 2.89. The smallest absolute Gasteiger partial charge is 0.141 e. The molecule has 3 heterocycles. The molecule has 1 aromatic carbocycles. The lowest BCUT2D eigenvalue weighted by molar-refractivity contribution is 0.538. The normalized spacial score (nSPS) is 17.1. The Bertz CT molecular complexity index is 988. The SMILES string of the molecule is CC1C=C(c2ccccc2)c2nccc(=NCCc3ccccn3)n2CC1. The van der Waals surface area contributed by atoms with E-state index in [0.717, 1.165) is 42.9 Å². The van der Waals surface area contributed by atoms with Crippen molar-refractivity contribution in [1.82, 2.24) is 14.5 Å². The summed E-state index contributed by atoms with van der Waals surface area (Å²) in [7, 11) is 0. The molecule has 4 heteroatoms. The van der Waals surface area contributed by atoms with Crippen molar-refractivity contribution in [3.8, 4) is 0 Å². The second-order valence-electron chi connectivity index (χ2n) is 6.94. The fourth-order valence-corrected chi connectivity index (χ4v) is 3.47. The van der Waals surface area contributed by atoms with Crippen molar-refractivity contribution in [1.29, 1.82) is 0 Å². The Balaban J connectivity index is 1.69. The van der Waals surface area contributed by atoms with E-state index in [2.05, 4.69) is 52.9 Å². The molecule has 27 heavy (non-hydrogen) atoms. The highest BCUT2D eigenvalue weighted by molar-refractivity contribution is 5.76. The van der Waals surface area contributed by atoms with Crippen LogP contribution in [0.5, 0.6) is 0 Å². The second kappa shape index (κ2) is 8.12. The summed E-state index contributed by atoms with van der Waals surface area (Å²) in [6.45, 7) is 3.92. The minimum atomic E-state index is 0.503. The highest BCUT2D eigenvalue weighted by Gasteiger charge is 2.17. The molecule has 0 saturated carbocycles. The van der Waals surface area contributed by atoms with Crippen LogP contribution in [0.2, 0.25) is 0 Å². The van der Waals surface area contributed by atoms with Gasteiger partial charge in [0.2, 0.25) is 0 Å². The van der Waals surface area contributed by atoms with E-state index in [1.807, 2.05) is 36.7 Å². The molecule has 0 radical (unpaired) electrons. The van der Waals surface area contributed by atoms with E-state index in [0.29, 0.717) is 5.92 Å². The molecule has 0 fully saturated rings. The molecule has 1 atom stereocenters. The van der Waals surface area contributed by atoms with Crippen LogP contribution in [0.1, 0.15) is 30.4 Å². The highest BCUT2D eigenvalue weighted by atomic mass is 15.1. The molecule has 136 valence electrons. The Morgan fingerprint density at radius 3 is 2.67 bits per heavy atom. The van der Waals surface area contributed by atoms with E-state index in [9.17, 15) is 0 Å². The first-order valence-electron chi connectivity index (χ1n) is 9.55. The molecular weight excluding hydrogens is 332 g/mol. The van der Waals surface area contributed by atoms with E-state index in [-0.39, 0.29) is 0 Å². The first kappa shape index (κ1) is 17.4. The maximum atomic E-state index is 4.87. The zero-order valence-corrected chi connectivity index (χ0v) is 15.6. The molecule has 0 saturated heterocycles. The van der Waals surface area contributed by atoms with Gasteiger partial charge in [0.05, 0.1) is 0 Å². The van der Waals surface area contributed by atoms with Crippen molar-refractivity contribution in [2.45, 2.75) is 26.3 Å². The summed E-state index contributed by atoms with van der Waals surface area (Å²) >= 11 is 0. The molecule has 2 aromatic heterocycles. The first-order valence-corrected chi connectivity index (χ1v) is 9.55. The summed E-state index contributed by atoms with van der Waals surface area (Å²) in [6, 6.07) is 18.5. The van der Waals surface area contributed by atoms with Crippen molar-refractivity contribution < 1.29 is 0 Å². The summed E-state index contributed by atoms with van der Waals surface area (Å²) in [4.78, 5) is 14.0.